The Morgan fingerprint density at radius 3 is 2.83 bits per heavy atom. The van der Waals surface area contributed by atoms with Gasteiger partial charge in [-0.1, -0.05) is 6.07 Å². The van der Waals surface area contributed by atoms with E-state index in [2.05, 4.69) is 14.9 Å². The van der Waals surface area contributed by atoms with E-state index in [9.17, 15) is 8.78 Å². The van der Waals surface area contributed by atoms with Crippen molar-refractivity contribution in [1.82, 2.24) is 14.9 Å². The molecule has 1 atom stereocenters. The van der Waals surface area contributed by atoms with Gasteiger partial charge in [0.2, 0.25) is 5.95 Å². The number of nitrogens with zero attached hydrogens (tertiary/aromatic N) is 5. The van der Waals surface area contributed by atoms with Crippen LogP contribution in [0.15, 0.2) is 30.5 Å². The first kappa shape index (κ1) is 16.3. The number of aromatic nitrogens is 2. The zero-order valence-electron chi connectivity index (χ0n) is 13.3. The normalized spacial score (nSPS) is 18.4. The molecule has 0 N–H and O–H groups in total. The van der Waals surface area contributed by atoms with E-state index in [1.165, 1.54) is 12.1 Å². The second kappa shape index (κ2) is 6.89. The summed E-state index contributed by atoms with van der Waals surface area (Å²) in [5.41, 5.74) is 0.822. The third-order valence-corrected chi connectivity index (χ3v) is 4.19. The molecule has 2 aromatic rings. The molecule has 24 heavy (non-hydrogen) atoms. The third-order valence-electron chi connectivity index (χ3n) is 4.19. The summed E-state index contributed by atoms with van der Waals surface area (Å²) in [5, 5.41) is 8.93. The van der Waals surface area contributed by atoms with Crippen LogP contribution < -0.4 is 4.90 Å². The molecule has 2 heterocycles. The number of hydrogen-bond acceptors (Lipinski definition) is 5. The highest BCUT2D eigenvalue weighted by Gasteiger charge is 2.26. The highest BCUT2D eigenvalue weighted by molar-refractivity contribution is 5.34. The molecule has 1 unspecified atom stereocenters. The minimum absolute atomic E-state index is 0.151. The average Bonchev–Trinajstić information content (AvgIpc) is 2.59. The molecule has 0 aliphatic carbocycles. The number of halogens is 2. The van der Waals surface area contributed by atoms with Gasteiger partial charge in [-0.15, -0.1) is 0 Å². The lowest BCUT2D eigenvalue weighted by molar-refractivity contribution is 0.178. The van der Waals surface area contributed by atoms with Crippen LogP contribution in [0.2, 0.25) is 0 Å². The lowest BCUT2D eigenvalue weighted by Gasteiger charge is -2.39. The second-order valence-electron chi connectivity index (χ2n) is 5.85. The molecule has 0 spiro atoms. The highest BCUT2D eigenvalue weighted by atomic mass is 19.1. The van der Waals surface area contributed by atoms with E-state index < -0.39 is 11.6 Å². The summed E-state index contributed by atoms with van der Waals surface area (Å²) >= 11 is 0. The standard InChI is InChI=1S/C17H17F2N5/c1-12-10-24(17-21-5-4-15(9-20)22-17)7-6-23(12)11-13-2-3-14(18)8-16(13)19/h2-5,8,12H,6-7,10-11H2,1H3. The zero-order valence-corrected chi connectivity index (χ0v) is 13.3. The molecular weight excluding hydrogens is 312 g/mol. The number of hydrogen-bond donors (Lipinski definition) is 0. The fourth-order valence-electron chi connectivity index (χ4n) is 2.84. The monoisotopic (exact) mass is 329 g/mol. The summed E-state index contributed by atoms with van der Waals surface area (Å²) in [7, 11) is 0. The average molecular weight is 329 g/mol. The van der Waals surface area contributed by atoms with Crippen LogP contribution in [-0.2, 0) is 6.54 Å². The van der Waals surface area contributed by atoms with Crippen molar-refractivity contribution in [3.63, 3.8) is 0 Å². The van der Waals surface area contributed by atoms with Gasteiger partial charge in [0, 0.05) is 50.0 Å². The van der Waals surface area contributed by atoms with E-state index >= 15 is 0 Å². The predicted octanol–water partition coefficient (Wildman–Crippen LogP) is 2.34. The van der Waals surface area contributed by atoms with Gasteiger partial charge in [0.25, 0.3) is 0 Å². The van der Waals surface area contributed by atoms with Crippen molar-refractivity contribution >= 4 is 5.95 Å². The molecule has 0 bridgehead atoms. The maximum absolute atomic E-state index is 13.8. The van der Waals surface area contributed by atoms with Gasteiger partial charge in [0.15, 0.2) is 0 Å². The predicted molar refractivity (Wildman–Crippen MR) is 85.2 cm³/mol. The van der Waals surface area contributed by atoms with E-state index in [-0.39, 0.29) is 6.04 Å². The summed E-state index contributed by atoms with van der Waals surface area (Å²) < 4.78 is 26.8. The van der Waals surface area contributed by atoms with Gasteiger partial charge >= 0.3 is 0 Å². The van der Waals surface area contributed by atoms with E-state index in [1.807, 2.05) is 17.9 Å². The molecule has 1 aliphatic heterocycles. The molecule has 0 amide bonds. The van der Waals surface area contributed by atoms with E-state index in [0.29, 0.717) is 43.4 Å². The number of rotatable bonds is 3. The zero-order chi connectivity index (χ0) is 17.1. The maximum atomic E-state index is 13.8. The quantitative estimate of drug-likeness (QED) is 0.865. The van der Waals surface area contributed by atoms with Crippen LogP contribution in [0.5, 0.6) is 0 Å². The maximum Gasteiger partial charge on any atom is 0.226 e. The third kappa shape index (κ3) is 3.49. The van der Waals surface area contributed by atoms with Crippen LogP contribution in [0.1, 0.15) is 18.2 Å². The molecular formula is C17H17F2N5. The van der Waals surface area contributed by atoms with Crippen molar-refractivity contribution in [2.24, 2.45) is 0 Å². The second-order valence-corrected chi connectivity index (χ2v) is 5.85. The van der Waals surface area contributed by atoms with Gasteiger partial charge < -0.3 is 4.90 Å². The fourth-order valence-corrected chi connectivity index (χ4v) is 2.84. The minimum Gasteiger partial charge on any atom is -0.338 e. The van der Waals surface area contributed by atoms with Gasteiger partial charge in [0.1, 0.15) is 23.4 Å². The smallest absolute Gasteiger partial charge is 0.226 e. The SMILES string of the molecule is CC1CN(c2nccc(C#N)n2)CCN1Cc1ccc(F)cc1F. The Balaban J connectivity index is 1.68. The summed E-state index contributed by atoms with van der Waals surface area (Å²) in [5.74, 6) is -0.549. The topological polar surface area (TPSA) is 56.1 Å². The van der Waals surface area contributed by atoms with Crippen molar-refractivity contribution in [3.8, 4) is 6.07 Å². The minimum atomic E-state index is -0.566. The van der Waals surface area contributed by atoms with Crippen LogP contribution >= 0.6 is 0 Å². The molecule has 1 aromatic carbocycles. The van der Waals surface area contributed by atoms with Crippen LogP contribution in [-0.4, -0.2) is 40.5 Å². The van der Waals surface area contributed by atoms with Crippen LogP contribution in [0.4, 0.5) is 14.7 Å². The summed E-state index contributed by atoms with van der Waals surface area (Å²) in [4.78, 5) is 12.6. The van der Waals surface area contributed by atoms with Gasteiger partial charge in [-0.2, -0.15) is 5.26 Å². The van der Waals surface area contributed by atoms with E-state index in [4.69, 9.17) is 5.26 Å². The molecule has 7 heteroatoms. The first-order chi connectivity index (χ1) is 11.6. The van der Waals surface area contributed by atoms with Gasteiger partial charge in [-0.25, -0.2) is 18.7 Å². The number of benzene rings is 1. The van der Waals surface area contributed by atoms with Crippen molar-refractivity contribution in [2.45, 2.75) is 19.5 Å². The molecule has 1 fully saturated rings. The number of anilines is 1. The van der Waals surface area contributed by atoms with Crippen LogP contribution in [0.25, 0.3) is 0 Å². The lowest BCUT2D eigenvalue weighted by atomic mass is 10.1. The Bertz CT molecular complexity index is 774. The summed E-state index contributed by atoms with van der Waals surface area (Å²) in [6.07, 6.45) is 1.58. The molecule has 0 radical (unpaired) electrons. The molecule has 5 nitrogen and oxygen atoms in total. The van der Waals surface area contributed by atoms with Crippen molar-refractivity contribution < 1.29 is 8.78 Å². The first-order valence-corrected chi connectivity index (χ1v) is 7.73. The van der Waals surface area contributed by atoms with Crippen molar-refractivity contribution in [3.05, 3.63) is 53.4 Å². The van der Waals surface area contributed by atoms with Crippen molar-refractivity contribution in [2.75, 3.05) is 24.5 Å². The van der Waals surface area contributed by atoms with E-state index in [1.54, 1.807) is 12.3 Å². The molecule has 124 valence electrons. The van der Waals surface area contributed by atoms with Gasteiger partial charge in [0.05, 0.1) is 0 Å². The number of nitriles is 1. The Kier molecular flexibility index (Phi) is 4.67. The Hall–Kier alpha value is -2.59. The molecule has 1 aliphatic rings. The summed E-state index contributed by atoms with van der Waals surface area (Å²) in [6, 6.07) is 7.41. The molecule has 1 aromatic heterocycles. The van der Waals surface area contributed by atoms with Gasteiger partial charge in [-0.3, -0.25) is 4.90 Å². The summed E-state index contributed by atoms with van der Waals surface area (Å²) in [6.45, 7) is 4.54. The molecule has 1 saturated heterocycles. The molecule has 0 saturated carbocycles. The number of piperazine rings is 1. The first-order valence-electron chi connectivity index (χ1n) is 7.73. The highest BCUT2D eigenvalue weighted by Crippen LogP contribution is 2.19. The lowest BCUT2D eigenvalue weighted by Crippen LogP contribution is -2.52. The van der Waals surface area contributed by atoms with E-state index in [0.717, 1.165) is 6.07 Å². The molecule has 3 rings (SSSR count). The Labute approximate surface area is 139 Å². The van der Waals surface area contributed by atoms with Crippen LogP contribution in [0, 0.1) is 23.0 Å². The van der Waals surface area contributed by atoms with Gasteiger partial charge in [-0.05, 0) is 19.1 Å². The van der Waals surface area contributed by atoms with Crippen LogP contribution in [0.3, 0.4) is 0 Å². The largest absolute Gasteiger partial charge is 0.338 e. The Morgan fingerprint density at radius 1 is 1.29 bits per heavy atom. The fraction of sp³-hybridized carbons (Fsp3) is 0.353. The van der Waals surface area contributed by atoms with Crippen molar-refractivity contribution in [1.29, 1.82) is 5.26 Å². The Morgan fingerprint density at radius 2 is 2.12 bits per heavy atom.